The first-order chi connectivity index (χ1) is 9.65. The predicted octanol–water partition coefficient (Wildman–Crippen LogP) is 3.01. The molecule has 1 atom stereocenters. The first-order valence-electron chi connectivity index (χ1n) is 7.11. The summed E-state index contributed by atoms with van der Waals surface area (Å²) >= 11 is 0. The van der Waals surface area contributed by atoms with Crippen molar-refractivity contribution in [1.29, 1.82) is 0 Å². The van der Waals surface area contributed by atoms with E-state index in [2.05, 4.69) is 61.5 Å². The Morgan fingerprint density at radius 3 is 2.60 bits per heavy atom. The molecule has 0 aliphatic rings. The van der Waals surface area contributed by atoms with Crippen molar-refractivity contribution < 1.29 is 0 Å². The molecule has 2 aromatic rings. The second-order valence-corrected chi connectivity index (χ2v) is 5.22. The van der Waals surface area contributed by atoms with E-state index in [0.29, 0.717) is 0 Å². The van der Waals surface area contributed by atoms with Gasteiger partial charge >= 0.3 is 0 Å². The summed E-state index contributed by atoms with van der Waals surface area (Å²) in [5, 5.41) is 0. The molecule has 0 radical (unpaired) electrons. The fraction of sp³-hybridized carbons (Fsp3) is 0.353. The summed E-state index contributed by atoms with van der Waals surface area (Å²) in [7, 11) is 0. The van der Waals surface area contributed by atoms with E-state index in [1.807, 2.05) is 6.20 Å². The number of benzene rings is 1. The molecule has 3 heteroatoms. The number of hydrazine groups is 1. The molecule has 1 unspecified atom stereocenters. The van der Waals surface area contributed by atoms with Crippen molar-refractivity contribution in [2.45, 2.75) is 39.7 Å². The van der Waals surface area contributed by atoms with Crippen LogP contribution in [0.25, 0.3) is 0 Å². The highest BCUT2D eigenvalue weighted by molar-refractivity contribution is 5.36. The highest BCUT2D eigenvalue weighted by atomic mass is 15.2. The van der Waals surface area contributed by atoms with E-state index in [4.69, 9.17) is 5.84 Å². The second kappa shape index (κ2) is 6.64. The summed E-state index contributed by atoms with van der Waals surface area (Å²) in [4.78, 5) is 4.52. The standard InChI is InChI=1S/C17H23N3/c1-4-14-8-9-15(19-11-14)10-17(20-18)16-7-5-6-12(2)13(16)3/h5-9,11,17,20H,4,10,18H2,1-3H3. The van der Waals surface area contributed by atoms with Gasteiger partial charge < -0.3 is 0 Å². The normalized spacial score (nSPS) is 12.4. The summed E-state index contributed by atoms with van der Waals surface area (Å²) < 4.78 is 0. The van der Waals surface area contributed by atoms with E-state index >= 15 is 0 Å². The number of nitrogens with two attached hydrogens (primary N) is 1. The summed E-state index contributed by atoms with van der Waals surface area (Å²) in [5.41, 5.74) is 9.07. The molecular formula is C17H23N3. The molecule has 0 saturated carbocycles. The molecule has 106 valence electrons. The van der Waals surface area contributed by atoms with Gasteiger partial charge in [-0.25, -0.2) is 0 Å². The zero-order valence-corrected chi connectivity index (χ0v) is 12.5. The van der Waals surface area contributed by atoms with Gasteiger partial charge in [0.05, 0.1) is 6.04 Å². The summed E-state index contributed by atoms with van der Waals surface area (Å²) in [6.07, 6.45) is 3.76. The predicted molar refractivity (Wildman–Crippen MR) is 83.3 cm³/mol. The smallest absolute Gasteiger partial charge is 0.0518 e. The van der Waals surface area contributed by atoms with Gasteiger partial charge in [-0.15, -0.1) is 0 Å². The Hall–Kier alpha value is -1.71. The molecular weight excluding hydrogens is 246 g/mol. The van der Waals surface area contributed by atoms with Gasteiger partial charge in [0.1, 0.15) is 0 Å². The molecule has 1 aromatic heterocycles. The largest absolute Gasteiger partial charge is 0.271 e. The lowest BCUT2D eigenvalue weighted by Crippen LogP contribution is -2.30. The maximum atomic E-state index is 5.75. The number of hydrogen-bond donors (Lipinski definition) is 2. The van der Waals surface area contributed by atoms with Crippen LogP contribution in [0.5, 0.6) is 0 Å². The van der Waals surface area contributed by atoms with Crippen molar-refractivity contribution in [2.75, 3.05) is 0 Å². The lowest BCUT2D eigenvalue weighted by atomic mass is 9.95. The van der Waals surface area contributed by atoms with Gasteiger partial charge in [-0.05, 0) is 48.6 Å². The van der Waals surface area contributed by atoms with Crippen LogP contribution in [0.1, 0.15) is 40.9 Å². The lowest BCUT2D eigenvalue weighted by molar-refractivity contribution is 0.543. The molecule has 0 aliphatic carbocycles. The van der Waals surface area contributed by atoms with Crippen LogP contribution in [0.4, 0.5) is 0 Å². The van der Waals surface area contributed by atoms with Crippen molar-refractivity contribution in [3.05, 3.63) is 64.5 Å². The van der Waals surface area contributed by atoms with Crippen LogP contribution in [0.2, 0.25) is 0 Å². The minimum absolute atomic E-state index is 0.0925. The highest BCUT2D eigenvalue weighted by Gasteiger charge is 2.14. The minimum atomic E-state index is 0.0925. The van der Waals surface area contributed by atoms with E-state index in [1.54, 1.807) is 0 Å². The molecule has 20 heavy (non-hydrogen) atoms. The van der Waals surface area contributed by atoms with Gasteiger partial charge in [-0.3, -0.25) is 16.3 Å². The molecule has 1 heterocycles. The monoisotopic (exact) mass is 269 g/mol. The number of pyridine rings is 1. The number of nitrogens with one attached hydrogen (secondary N) is 1. The maximum absolute atomic E-state index is 5.75. The fourth-order valence-corrected chi connectivity index (χ4v) is 2.40. The average Bonchev–Trinajstić information content (AvgIpc) is 2.48. The first-order valence-corrected chi connectivity index (χ1v) is 7.11. The van der Waals surface area contributed by atoms with Crippen LogP contribution in [-0.2, 0) is 12.8 Å². The second-order valence-electron chi connectivity index (χ2n) is 5.22. The third-order valence-electron chi connectivity index (χ3n) is 3.93. The van der Waals surface area contributed by atoms with Gasteiger partial charge in [-0.1, -0.05) is 31.2 Å². The Morgan fingerprint density at radius 2 is 2.00 bits per heavy atom. The van der Waals surface area contributed by atoms with Crippen molar-refractivity contribution in [3.8, 4) is 0 Å². The maximum Gasteiger partial charge on any atom is 0.0518 e. The number of nitrogens with zero attached hydrogens (tertiary/aromatic N) is 1. The zero-order chi connectivity index (χ0) is 14.5. The van der Waals surface area contributed by atoms with E-state index in [9.17, 15) is 0 Å². The van der Waals surface area contributed by atoms with Gasteiger partial charge in [0, 0.05) is 18.3 Å². The van der Waals surface area contributed by atoms with Crippen LogP contribution >= 0.6 is 0 Å². The lowest BCUT2D eigenvalue weighted by Gasteiger charge is -2.19. The number of hydrogen-bond acceptors (Lipinski definition) is 3. The molecule has 0 fully saturated rings. The van der Waals surface area contributed by atoms with E-state index in [1.165, 1.54) is 22.3 Å². The number of aryl methyl sites for hydroxylation is 2. The SMILES string of the molecule is CCc1ccc(CC(NN)c2cccc(C)c2C)nc1. The van der Waals surface area contributed by atoms with Gasteiger partial charge in [0.2, 0.25) is 0 Å². The van der Waals surface area contributed by atoms with Crippen LogP contribution in [-0.4, -0.2) is 4.98 Å². The van der Waals surface area contributed by atoms with Crippen LogP contribution in [0.3, 0.4) is 0 Å². The van der Waals surface area contributed by atoms with Crippen LogP contribution < -0.4 is 11.3 Å². The topological polar surface area (TPSA) is 50.9 Å². The van der Waals surface area contributed by atoms with Gasteiger partial charge in [0.15, 0.2) is 0 Å². The molecule has 0 saturated heterocycles. The minimum Gasteiger partial charge on any atom is -0.271 e. The molecule has 3 nitrogen and oxygen atoms in total. The summed E-state index contributed by atoms with van der Waals surface area (Å²) in [5.74, 6) is 5.75. The Kier molecular flexibility index (Phi) is 4.88. The molecule has 0 spiro atoms. The molecule has 3 N–H and O–H groups in total. The first kappa shape index (κ1) is 14.7. The van der Waals surface area contributed by atoms with Crippen molar-refractivity contribution in [3.63, 3.8) is 0 Å². The van der Waals surface area contributed by atoms with E-state index in [-0.39, 0.29) is 6.04 Å². The number of aromatic nitrogens is 1. The van der Waals surface area contributed by atoms with Gasteiger partial charge in [0.25, 0.3) is 0 Å². The van der Waals surface area contributed by atoms with Crippen molar-refractivity contribution >= 4 is 0 Å². The van der Waals surface area contributed by atoms with Crippen molar-refractivity contribution in [2.24, 2.45) is 5.84 Å². The molecule has 0 aliphatic heterocycles. The summed E-state index contributed by atoms with van der Waals surface area (Å²) in [6, 6.07) is 10.7. The third-order valence-corrected chi connectivity index (χ3v) is 3.93. The molecule has 0 bridgehead atoms. The van der Waals surface area contributed by atoms with Crippen molar-refractivity contribution in [1.82, 2.24) is 10.4 Å². The quantitative estimate of drug-likeness (QED) is 0.648. The van der Waals surface area contributed by atoms with Crippen LogP contribution in [0, 0.1) is 13.8 Å². The van der Waals surface area contributed by atoms with E-state index < -0.39 is 0 Å². The third kappa shape index (κ3) is 3.24. The molecule has 1 aromatic carbocycles. The number of rotatable bonds is 5. The Labute approximate surface area is 121 Å². The Morgan fingerprint density at radius 1 is 1.20 bits per heavy atom. The summed E-state index contributed by atoms with van der Waals surface area (Å²) in [6.45, 7) is 6.40. The van der Waals surface area contributed by atoms with E-state index in [0.717, 1.165) is 18.5 Å². The Balaban J connectivity index is 2.21. The van der Waals surface area contributed by atoms with Gasteiger partial charge in [-0.2, -0.15) is 0 Å². The average molecular weight is 269 g/mol. The highest BCUT2D eigenvalue weighted by Crippen LogP contribution is 2.22. The molecule has 0 amide bonds. The molecule has 2 rings (SSSR count). The van der Waals surface area contributed by atoms with Crippen LogP contribution in [0.15, 0.2) is 36.5 Å². The zero-order valence-electron chi connectivity index (χ0n) is 12.5. The Bertz CT molecular complexity index is 561. The fourth-order valence-electron chi connectivity index (χ4n) is 2.40.